The van der Waals surface area contributed by atoms with Crippen molar-refractivity contribution in [1.29, 1.82) is 0 Å². The van der Waals surface area contributed by atoms with Crippen LogP contribution < -0.4 is 26.2 Å². The molecule has 8 heteroatoms. The van der Waals surface area contributed by atoms with Gasteiger partial charge in [-0.05, 0) is 49.2 Å². The molecule has 2 aromatic carbocycles. The van der Waals surface area contributed by atoms with E-state index >= 15 is 4.39 Å². The lowest BCUT2D eigenvalue weighted by Crippen LogP contribution is -2.26. The molecule has 1 amide bonds. The van der Waals surface area contributed by atoms with E-state index in [-0.39, 0.29) is 23.9 Å². The summed E-state index contributed by atoms with van der Waals surface area (Å²) in [7, 11) is 3.72. The summed E-state index contributed by atoms with van der Waals surface area (Å²) in [6, 6.07) is 12.8. The zero-order chi connectivity index (χ0) is 24.2. The number of carbonyl (C=O) groups excluding carboxylic acids is 1. The van der Waals surface area contributed by atoms with Crippen LogP contribution in [0.15, 0.2) is 66.6 Å². The largest absolute Gasteiger partial charge is 0.444 e. The van der Waals surface area contributed by atoms with Crippen LogP contribution in [0.25, 0.3) is 11.1 Å². The van der Waals surface area contributed by atoms with E-state index in [1.54, 1.807) is 12.1 Å². The number of allylic oxidation sites excluding steroid dienone is 1. The molecule has 0 aromatic heterocycles. The smallest absolute Gasteiger partial charge is 0.414 e. The predicted octanol–water partition coefficient (Wildman–Crippen LogP) is 4.02. The Bertz CT molecular complexity index is 1090. The average Bonchev–Trinajstić information content (AvgIpc) is 3.46. The van der Waals surface area contributed by atoms with Gasteiger partial charge in [0.15, 0.2) is 0 Å². The number of nitrogens with zero attached hydrogens (tertiary/aromatic N) is 1. The second kappa shape index (κ2) is 10.1. The summed E-state index contributed by atoms with van der Waals surface area (Å²) in [5.74, 6) is -0.114. The molecule has 2 fully saturated rings. The fraction of sp³-hybridized carbons (Fsp3) is 0.346. The van der Waals surface area contributed by atoms with Crippen LogP contribution in [0.4, 0.5) is 20.6 Å². The van der Waals surface area contributed by atoms with Crippen molar-refractivity contribution in [3.63, 3.8) is 0 Å². The highest BCUT2D eigenvalue weighted by atomic mass is 19.1. The molecule has 0 bridgehead atoms. The van der Waals surface area contributed by atoms with Crippen LogP contribution in [0.3, 0.4) is 0 Å². The molecule has 7 nitrogen and oxygen atoms in total. The molecule has 1 saturated carbocycles. The molecule has 2 aliphatic rings. The van der Waals surface area contributed by atoms with Gasteiger partial charge in [-0.15, -0.1) is 0 Å². The first kappa shape index (κ1) is 23.5. The van der Waals surface area contributed by atoms with Crippen molar-refractivity contribution >= 4 is 17.5 Å². The van der Waals surface area contributed by atoms with E-state index in [0.29, 0.717) is 24.3 Å². The number of anilines is 2. The van der Waals surface area contributed by atoms with Crippen LogP contribution in [0.2, 0.25) is 0 Å². The molecular formula is C26H32FN5O2. The number of ether oxygens (including phenoxy) is 1. The molecule has 34 heavy (non-hydrogen) atoms. The van der Waals surface area contributed by atoms with E-state index in [1.807, 2.05) is 51.5 Å². The minimum Gasteiger partial charge on any atom is -0.444 e. The first-order valence-corrected chi connectivity index (χ1v) is 11.5. The van der Waals surface area contributed by atoms with E-state index in [1.165, 1.54) is 11.0 Å². The van der Waals surface area contributed by atoms with Gasteiger partial charge < -0.3 is 26.0 Å². The molecule has 3 atom stereocenters. The highest BCUT2D eigenvalue weighted by molar-refractivity contribution is 5.90. The number of hydrogen-bond acceptors (Lipinski definition) is 6. The van der Waals surface area contributed by atoms with Crippen LogP contribution in [0, 0.1) is 11.7 Å². The van der Waals surface area contributed by atoms with Crippen molar-refractivity contribution < 1.29 is 13.9 Å². The van der Waals surface area contributed by atoms with Crippen molar-refractivity contribution in [2.45, 2.75) is 25.5 Å². The third-order valence-corrected chi connectivity index (χ3v) is 6.17. The number of amides is 1. The van der Waals surface area contributed by atoms with Crippen molar-refractivity contribution in [3.8, 4) is 11.1 Å². The maximum absolute atomic E-state index is 15.0. The normalized spacial score (nSPS) is 21.6. The molecule has 1 aliphatic carbocycles. The quantitative estimate of drug-likeness (QED) is 0.425. The lowest BCUT2D eigenvalue weighted by Gasteiger charge is -2.15. The van der Waals surface area contributed by atoms with Crippen molar-refractivity contribution in [1.82, 2.24) is 16.0 Å². The Morgan fingerprint density at radius 1 is 1.24 bits per heavy atom. The van der Waals surface area contributed by atoms with Crippen LogP contribution >= 0.6 is 0 Å². The Hall–Kier alpha value is -3.68. The van der Waals surface area contributed by atoms with Gasteiger partial charge in [-0.1, -0.05) is 18.7 Å². The third-order valence-electron chi connectivity index (χ3n) is 6.17. The number of benzene rings is 2. The lowest BCUT2D eigenvalue weighted by atomic mass is 10.0. The molecule has 0 spiro atoms. The number of cyclic esters (lactones) is 1. The number of carbonyl (C=O) groups is 1. The number of likely N-dealkylation sites (N-methyl/N-ethyl adjacent to an activating group) is 1. The minimum atomic E-state index is -0.429. The highest BCUT2D eigenvalue weighted by Gasteiger charge is 2.49. The zero-order valence-electron chi connectivity index (χ0n) is 19.8. The molecule has 1 heterocycles. The van der Waals surface area contributed by atoms with Gasteiger partial charge in [0.05, 0.1) is 18.8 Å². The SMILES string of the molecule is C=C(C)NC1CC1C1CN(c2ccc(-c3ccc(NC/C(=C/NC)NC)cc3)c(F)c2)C(=O)O1. The fourth-order valence-electron chi connectivity index (χ4n) is 4.28. The maximum Gasteiger partial charge on any atom is 0.414 e. The Kier molecular flexibility index (Phi) is 6.95. The summed E-state index contributed by atoms with van der Waals surface area (Å²) in [5, 5.41) is 12.7. The number of halogens is 1. The molecule has 180 valence electrons. The Labute approximate surface area is 200 Å². The van der Waals surface area contributed by atoms with Crippen LogP contribution in [0.5, 0.6) is 0 Å². The molecule has 1 aliphatic heterocycles. The summed E-state index contributed by atoms with van der Waals surface area (Å²) < 4.78 is 20.6. The Morgan fingerprint density at radius 2 is 2.00 bits per heavy atom. The van der Waals surface area contributed by atoms with Gasteiger partial charge in [0.2, 0.25) is 0 Å². The summed E-state index contributed by atoms with van der Waals surface area (Å²) in [6.45, 7) is 6.84. The number of nitrogens with one attached hydrogen (secondary N) is 4. The van der Waals surface area contributed by atoms with Gasteiger partial charge in [0.25, 0.3) is 0 Å². The lowest BCUT2D eigenvalue weighted by molar-refractivity contribution is 0.128. The molecule has 4 N–H and O–H groups in total. The van der Waals surface area contributed by atoms with Crippen LogP contribution in [0.1, 0.15) is 13.3 Å². The Balaban J connectivity index is 1.40. The minimum absolute atomic E-state index is 0.196. The second-order valence-corrected chi connectivity index (χ2v) is 8.77. The van der Waals surface area contributed by atoms with Gasteiger partial charge >= 0.3 is 6.09 Å². The van der Waals surface area contributed by atoms with E-state index < -0.39 is 6.09 Å². The molecule has 0 radical (unpaired) electrons. The van der Waals surface area contributed by atoms with Crippen LogP contribution in [-0.2, 0) is 4.74 Å². The molecule has 1 saturated heterocycles. The summed E-state index contributed by atoms with van der Waals surface area (Å²) >= 11 is 0. The van der Waals surface area contributed by atoms with E-state index in [2.05, 4.69) is 27.8 Å². The summed E-state index contributed by atoms with van der Waals surface area (Å²) in [4.78, 5) is 14.0. The average molecular weight is 466 g/mol. The second-order valence-electron chi connectivity index (χ2n) is 8.77. The number of hydrogen-bond donors (Lipinski definition) is 4. The molecule has 2 aromatic rings. The topological polar surface area (TPSA) is 77.7 Å². The monoisotopic (exact) mass is 465 g/mol. The third kappa shape index (κ3) is 5.27. The van der Waals surface area contributed by atoms with Gasteiger partial charge in [0.1, 0.15) is 11.9 Å². The first-order valence-electron chi connectivity index (χ1n) is 11.5. The molecule has 3 unspecified atom stereocenters. The van der Waals surface area contributed by atoms with Crippen LogP contribution in [-0.4, -0.2) is 45.4 Å². The van der Waals surface area contributed by atoms with Gasteiger partial charge in [-0.25, -0.2) is 9.18 Å². The molecule has 4 rings (SSSR count). The van der Waals surface area contributed by atoms with Crippen molar-refractivity contribution in [2.75, 3.05) is 37.4 Å². The Morgan fingerprint density at radius 3 is 2.65 bits per heavy atom. The van der Waals surface area contributed by atoms with E-state index in [4.69, 9.17) is 4.74 Å². The number of rotatable bonds is 10. The first-order chi connectivity index (χ1) is 16.4. The summed E-state index contributed by atoms with van der Waals surface area (Å²) in [5.41, 5.74) is 4.61. The maximum atomic E-state index is 15.0. The van der Waals surface area contributed by atoms with Gasteiger partial charge in [0, 0.05) is 54.9 Å². The van der Waals surface area contributed by atoms with Crippen molar-refractivity contribution in [2.24, 2.45) is 5.92 Å². The van der Waals surface area contributed by atoms with E-state index in [9.17, 15) is 4.79 Å². The molecular weight excluding hydrogens is 433 g/mol. The van der Waals surface area contributed by atoms with E-state index in [0.717, 1.165) is 29.1 Å². The van der Waals surface area contributed by atoms with Gasteiger partial charge in [-0.2, -0.15) is 0 Å². The standard InChI is InChI=1S/C26H32FN5O2/c1-16(2)31-24-12-22(24)25-15-32(26(33)34-25)20-9-10-21(23(27)11-20)17-5-7-18(8-6-17)30-14-19(29-4)13-28-3/h5-11,13,22,24-25,28-31H,1,12,14-15H2,2-4H3/b19-13-. The fourth-order valence-corrected chi connectivity index (χ4v) is 4.28. The van der Waals surface area contributed by atoms with Crippen molar-refractivity contribution in [3.05, 3.63) is 72.5 Å². The zero-order valence-corrected chi connectivity index (χ0v) is 19.8. The van der Waals surface area contributed by atoms with Gasteiger partial charge in [-0.3, -0.25) is 4.90 Å². The summed E-state index contributed by atoms with van der Waals surface area (Å²) in [6.07, 6.45) is 2.21. The predicted molar refractivity (Wildman–Crippen MR) is 134 cm³/mol. The highest BCUT2D eigenvalue weighted by Crippen LogP contribution is 2.40.